The van der Waals surface area contributed by atoms with E-state index in [1.807, 2.05) is 0 Å². The van der Waals surface area contributed by atoms with E-state index >= 15 is 0 Å². The van der Waals surface area contributed by atoms with Gasteiger partial charge in [0.2, 0.25) is 0 Å². The average Bonchev–Trinajstić information content (AvgIpc) is 2.09. The van der Waals surface area contributed by atoms with Crippen molar-refractivity contribution in [2.24, 2.45) is 5.73 Å². The Labute approximate surface area is 82.5 Å². The number of benzene rings is 1. The molecule has 0 aliphatic heterocycles. The van der Waals surface area contributed by atoms with Crippen molar-refractivity contribution < 1.29 is 14.7 Å². The highest BCUT2D eigenvalue weighted by atomic mass is 79.9. The fourth-order valence-corrected chi connectivity index (χ4v) is 1.35. The number of aldehydes is 1. The Morgan fingerprint density at radius 3 is 2.62 bits per heavy atom. The van der Waals surface area contributed by atoms with Crippen molar-refractivity contribution in [1.29, 1.82) is 0 Å². The fourth-order valence-electron chi connectivity index (χ4n) is 0.876. The van der Waals surface area contributed by atoms with Crippen LogP contribution >= 0.6 is 15.9 Å². The largest absolute Gasteiger partial charge is 0.506 e. The van der Waals surface area contributed by atoms with Crippen LogP contribution in [-0.2, 0) is 0 Å². The third kappa shape index (κ3) is 1.86. The fraction of sp³-hybridized carbons (Fsp3) is 0. The minimum Gasteiger partial charge on any atom is -0.506 e. The van der Waals surface area contributed by atoms with Gasteiger partial charge in [-0.2, -0.15) is 0 Å². The third-order valence-corrected chi connectivity index (χ3v) is 2.09. The highest BCUT2D eigenvalue weighted by molar-refractivity contribution is 9.10. The normalized spacial score (nSPS) is 9.62. The molecule has 0 spiro atoms. The molecule has 0 aromatic heterocycles. The zero-order valence-corrected chi connectivity index (χ0v) is 8.04. The van der Waals surface area contributed by atoms with Crippen molar-refractivity contribution in [1.82, 2.24) is 0 Å². The van der Waals surface area contributed by atoms with Crippen LogP contribution in [0.2, 0.25) is 0 Å². The van der Waals surface area contributed by atoms with Crippen LogP contribution in [0.5, 0.6) is 5.75 Å². The van der Waals surface area contributed by atoms with Gasteiger partial charge in [0, 0.05) is 5.56 Å². The summed E-state index contributed by atoms with van der Waals surface area (Å²) in [7, 11) is 0. The van der Waals surface area contributed by atoms with Crippen LogP contribution in [0.1, 0.15) is 20.7 Å². The van der Waals surface area contributed by atoms with Gasteiger partial charge < -0.3 is 10.8 Å². The summed E-state index contributed by atoms with van der Waals surface area (Å²) in [5.74, 6) is -1.03. The van der Waals surface area contributed by atoms with Crippen molar-refractivity contribution in [2.45, 2.75) is 0 Å². The molecule has 0 saturated heterocycles. The topological polar surface area (TPSA) is 80.4 Å². The monoisotopic (exact) mass is 243 g/mol. The highest BCUT2D eigenvalue weighted by Crippen LogP contribution is 2.28. The number of rotatable bonds is 2. The second kappa shape index (κ2) is 3.57. The van der Waals surface area contributed by atoms with Crippen molar-refractivity contribution >= 4 is 28.1 Å². The van der Waals surface area contributed by atoms with Gasteiger partial charge in [-0.25, -0.2) is 0 Å². The molecular formula is C8H6BrNO3. The first-order valence-electron chi connectivity index (χ1n) is 3.33. The summed E-state index contributed by atoms with van der Waals surface area (Å²) >= 11 is 2.99. The van der Waals surface area contributed by atoms with Crippen molar-refractivity contribution in [3.63, 3.8) is 0 Å². The number of nitrogens with two attached hydrogens (primary N) is 1. The van der Waals surface area contributed by atoms with Gasteiger partial charge in [-0.05, 0) is 28.1 Å². The Morgan fingerprint density at radius 2 is 2.15 bits per heavy atom. The van der Waals surface area contributed by atoms with E-state index in [9.17, 15) is 14.7 Å². The van der Waals surface area contributed by atoms with E-state index in [0.717, 1.165) is 0 Å². The number of hydrogen-bond donors (Lipinski definition) is 2. The van der Waals surface area contributed by atoms with Crippen molar-refractivity contribution in [3.05, 3.63) is 27.7 Å². The first-order valence-corrected chi connectivity index (χ1v) is 4.13. The first-order chi connectivity index (χ1) is 6.06. The molecule has 0 atom stereocenters. The summed E-state index contributed by atoms with van der Waals surface area (Å²) in [5, 5.41) is 9.32. The lowest BCUT2D eigenvalue weighted by atomic mass is 10.1. The maximum atomic E-state index is 10.8. The maximum absolute atomic E-state index is 10.8. The van der Waals surface area contributed by atoms with Gasteiger partial charge in [0.25, 0.3) is 5.91 Å². The van der Waals surface area contributed by atoms with Crippen LogP contribution in [-0.4, -0.2) is 17.3 Å². The molecule has 1 aromatic rings. The standard InChI is InChI=1S/C8H6BrNO3/c9-6-2-4(3-11)1-5(7(6)12)8(10)13/h1-3,12H,(H2,10,13). The Hall–Kier alpha value is -1.36. The molecule has 3 N–H and O–H groups in total. The quantitative estimate of drug-likeness (QED) is 0.763. The van der Waals surface area contributed by atoms with E-state index in [1.54, 1.807) is 0 Å². The molecular weight excluding hydrogens is 238 g/mol. The van der Waals surface area contributed by atoms with Crippen LogP contribution in [0.3, 0.4) is 0 Å². The highest BCUT2D eigenvalue weighted by Gasteiger charge is 2.11. The number of carbonyl (C=O) groups is 2. The van der Waals surface area contributed by atoms with E-state index in [-0.39, 0.29) is 21.3 Å². The predicted octanol–water partition coefficient (Wildman–Crippen LogP) is 1.07. The van der Waals surface area contributed by atoms with E-state index in [4.69, 9.17) is 5.73 Å². The number of amides is 1. The van der Waals surface area contributed by atoms with Gasteiger partial charge in [0.15, 0.2) is 0 Å². The molecule has 0 aliphatic carbocycles. The summed E-state index contributed by atoms with van der Waals surface area (Å²) < 4.78 is 0.269. The molecule has 4 nitrogen and oxygen atoms in total. The van der Waals surface area contributed by atoms with E-state index < -0.39 is 5.91 Å². The third-order valence-electron chi connectivity index (χ3n) is 1.49. The summed E-state index contributed by atoms with van der Waals surface area (Å²) in [6.45, 7) is 0. The minimum atomic E-state index is -0.776. The Morgan fingerprint density at radius 1 is 1.54 bits per heavy atom. The molecule has 13 heavy (non-hydrogen) atoms. The van der Waals surface area contributed by atoms with Gasteiger partial charge in [-0.1, -0.05) is 0 Å². The lowest BCUT2D eigenvalue weighted by molar-refractivity contribution is 0.0997. The van der Waals surface area contributed by atoms with Gasteiger partial charge >= 0.3 is 0 Å². The number of phenols is 1. The van der Waals surface area contributed by atoms with Crippen LogP contribution in [0.4, 0.5) is 0 Å². The first kappa shape index (κ1) is 9.73. The molecule has 0 unspecified atom stereocenters. The molecule has 0 bridgehead atoms. The molecule has 0 fully saturated rings. The second-order valence-electron chi connectivity index (χ2n) is 2.38. The lowest BCUT2D eigenvalue weighted by Gasteiger charge is -2.03. The number of primary amides is 1. The van der Waals surface area contributed by atoms with Crippen LogP contribution < -0.4 is 5.73 Å². The molecule has 1 aromatic carbocycles. The molecule has 1 rings (SSSR count). The van der Waals surface area contributed by atoms with Gasteiger partial charge in [-0.3, -0.25) is 9.59 Å². The van der Waals surface area contributed by atoms with Gasteiger partial charge in [0.1, 0.15) is 12.0 Å². The van der Waals surface area contributed by atoms with E-state index in [1.165, 1.54) is 12.1 Å². The Balaban J connectivity index is 3.41. The molecule has 1 amide bonds. The average molecular weight is 244 g/mol. The zero-order chi connectivity index (χ0) is 10.0. The van der Waals surface area contributed by atoms with Crippen LogP contribution in [0.15, 0.2) is 16.6 Å². The van der Waals surface area contributed by atoms with E-state index in [0.29, 0.717) is 6.29 Å². The summed E-state index contributed by atoms with van der Waals surface area (Å²) in [6.07, 6.45) is 0.566. The van der Waals surface area contributed by atoms with Crippen LogP contribution in [0.25, 0.3) is 0 Å². The van der Waals surface area contributed by atoms with Gasteiger partial charge in [0.05, 0.1) is 10.0 Å². The van der Waals surface area contributed by atoms with Gasteiger partial charge in [-0.15, -0.1) is 0 Å². The smallest absolute Gasteiger partial charge is 0.252 e. The van der Waals surface area contributed by atoms with Crippen molar-refractivity contribution in [3.8, 4) is 5.75 Å². The number of carbonyl (C=O) groups excluding carboxylic acids is 2. The summed E-state index contributed by atoms with van der Waals surface area (Å²) in [5.41, 5.74) is 5.18. The van der Waals surface area contributed by atoms with Crippen molar-refractivity contribution in [2.75, 3.05) is 0 Å². The van der Waals surface area contributed by atoms with E-state index in [2.05, 4.69) is 15.9 Å². The second-order valence-corrected chi connectivity index (χ2v) is 3.24. The summed E-state index contributed by atoms with van der Waals surface area (Å²) in [4.78, 5) is 21.2. The number of hydrogen-bond acceptors (Lipinski definition) is 3. The maximum Gasteiger partial charge on any atom is 0.252 e. The predicted molar refractivity (Wildman–Crippen MR) is 49.7 cm³/mol. The molecule has 0 saturated carbocycles. The Kier molecular flexibility index (Phi) is 2.67. The zero-order valence-electron chi connectivity index (χ0n) is 6.45. The molecule has 0 heterocycles. The molecule has 0 radical (unpaired) electrons. The molecule has 68 valence electrons. The molecule has 0 aliphatic rings. The molecule has 5 heteroatoms. The Bertz CT molecular complexity index is 376. The van der Waals surface area contributed by atoms with Crippen LogP contribution in [0, 0.1) is 0 Å². The SMILES string of the molecule is NC(=O)c1cc(C=O)cc(Br)c1O. The number of aromatic hydroxyl groups is 1. The number of halogens is 1. The minimum absolute atomic E-state index is 0.0727. The lowest BCUT2D eigenvalue weighted by Crippen LogP contribution is -2.11. The summed E-state index contributed by atoms with van der Waals surface area (Å²) in [6, 6.07) is 2.63.